The molecule has 5 nitrogen and oxygen atoms in total. The number of nitrogen functional groups attached to an aromatic ring is 1. The second-order valence-electron chi connectivity index (χ2n) is 4.43. The number of aromatic nitrogens is 2. The van der Waals surface area contributed by atoms with Gasteiger partial charge in [0.15, 0.2) is 0 Å². The van der Waals surface area contributed by atoms with Gasteiger partial charge in [-0.1, -0.05) is 0 Å². The number of aliphatic hydroxyl groups excluding tert-OH is 1. The molecule has 1 saturated heterocycles. The van der Waals surface area contributed by atoms with Crippen LogP contribution in [0.1, 0.15) is 19.3 Å². The predicted molar refractivity (Wildman–Crippen MR) is 62.9 cm³/mol. The number of hydrogen-bond acceptors (Lipinski definition) is 4. The molecule has 3 N–H and O–H groups in total. The molecule has 0 spiro atoms. The molecule has 1 aliphatic heterocycles. The Morgan fingerprint density at radius 2 is 2.12 bits per heavy atom. The molecule has 1 aromatic heterocycles. The first-order valence-electron chi connectivity index (χ1n) is 5.93. The van der Waals surface area contributed by atoms with Gasteiger partial charge < -0.3 is 15.7 Å². The fraction of sp³-hybridized carbons (Fsp3) is 0.727. The van der Waals surface area contributed by atoms with E-state index >= 15 is 0 Å². The molecule has 0 aromatic carbocycles. The Labute approximate surface area is 95.8 Å². The second-order valence-corrected chi connectivity index (χ2v) is 4.43. The van der Waals surface area contributed by atoms with Gasteiger partial charge in [-0.2, -0.15) is 5.10 Å². The lowest BCUT2D eigenvalue weighted by molar-refractivity contribution is 0.0814. The van der Waals surface area contributed by atoms with E-state index in [9.17, 15) is 5.11 Å². The lowest BCUT2D eigenvalue weighted by atomic mass is 10.1. The molecule has 1 fully saturated rings. The van der Waals surface area contributed by atoms with Crippen LogP contribution in [0.5, 0.6) is 0 Å². The summed E-state index contributed by atoms with van der Waals surface area (Å²) in [5.41, 5.74) is 5.54. The Bertz CT molecular complexity index is 318. The molecule has 16 heavy (non-hydrogen) atoms. The Morgan fingerprint density at radius 1 is 1.38 bits per heavy atom. The van der Waals surface area contributed by atoms with Crippen LogP contribution in [0.2, 0.25) is 0 Å². The van der Waals surface area contributed by atoms with Crippen LogP contribution < -0.4 is 5.73 Å². The highest BCUT2D eigenvalue weighted by molar-refractivity contribution is 5.23. The fourth-order valence-corrected chi connectivity index (χ4v) is 2.10. The van der Waals surface area contributed by atoms with Crippen molar-refractivity contribution in [1.82, 2.24) is 14.7 Å². The standard InChI is InChI=1S/C11H20N4O/c12-11-4-9-15(13-11)6-1-5-14-7-2-10(16)3-8-14/h4,9-10,16H,1-3,5-8H2,(H2,12,13). The SMILES string of the molecule is Nc1ccn(CCCN2CCC(O)CC2)n1. The third-order valence-corrected chi connectivity index (χ3v) is 3.08. The van der Waals surface area contributed by atoms with E-state index < -0.39 is 0 Å². The largest absolute Gasteiger partial charge is 0.393 e. The molecule has 0 bridgehead atoms. The smallest absolute Gasteiger partial charge is 0.145 e. The van der Waals surface area contributed by atoms with E-state index in [2.05, 4.69) is 10.00 Å². The molecule has 5 heteroatoms. The van der Waals surface area contributed by atoms with Gasteiger partial charge in [0.1, 0.15) is 5.82 Å². The van der Waals surface area contributed by atoms with E-state index in [0.717, 1.165) is 45.4 Å². The lowest BCUT2D eigenvalue weighted by Crippen LogP contribution is -2.36. The van der Waals surface area contributed by atoms with Gasteiger partial charge in [-0.05, 0) is 31.9 Å². The van der Waals surface area contributed by atoms with Crippen molar-refractivity contribution in [3.8, 4) is 0 Å². The van der Waals surface area contributed by atoms with Crippen LogP contribution in [-0.2, 0) is 6.54 Å². The number of piperidine rings is 1. The van der Waals surface area contributed by atoms with Gasteiger partial charge in [0.05, 0.1) is 6.10 Å². The van der Waals surface area contributed by atoms with Crippen LogP contribution in [0.3, 0.4) is 0 Å². The van der Waals surface area contributed by atoms with Crippen LogP contribution in [0, 0.1) is 0 Å². The summed E-state index contributed by atoms with van der Waals surface area (Å²) in [5.74, 6) is 0.584. The lowest BCUT2D eigenvalue weighted by Gasteiger charge is -2.29. The van der Waals surface area contributed by atoms with Crippen LogP contribution in [-0.4, -0.2) is 45.5 Å². The van der Waals surface area contributed by atoms with Crippen LogP contribution in [0.25, 0.3) is 0 Å². The number of aryl methyl sites for hydroxylation is 1. The first-order chi connectivity index (χ1) is 7.74. The molecule has 0 unspecified atom stereocenters. The van der Waals surface area contributed by atoms with E-state index in [1.807, 2.05) is 16.9 Å². The molecule has 1 aromatic rings. The highest BCUT2D eigenvalue weighted by atomic mass is 16.3. The van der Waals surface area contributed by atoms with Gasteiger partial charge in [0.25, 0.3) is 0 Å². The molecule has 1 aliphatic rings. The predicted octanol–water partition coefficient (Wildman–Crippen LogP) is 0.312. The normalized spacial score (nSPS) is 19.1. The zero-order chi connectivity index (χ0) is 11.4. The molecule has 0 radical (unpaired) electrons. The molecular formula is C11H20N4O. The zero-order valence-corrected chi connectivity index (χ0v) is 9.55. The van der Waals surface area contributed by atoms with Crippen molar-refractivity contribution in [1.29, 1.82) is 0 Å². The minimum Gasteiger partial charge on any atom is -0.393 e. The molecule has 0 amide bonds. The van der Waals surface area contributed by atoms with Gasteiger partial charge in [-0.3, -0.25) is 4.68 Å². The van der Waals surface area contributed by atoms with Gasteiger partial charge in [-0.25, -0.2) is 0 Å². The minimum absolute atomic E-state index is 0.0813. The quantitative estimate of drug-likeness (QED) is 0.772. The van der Waals surface area contributed by atoms with Crippen molar-refractivity contribution < 1.29 is 5.11 Å². The molecular weight excluding hydrogens is 204 g/mol. The van der Waals surface area contributed by atoms with E-state index in [1.54, 1.807) is 0 Å². The summed E-state index contributed by atoms with van der Waals surface area (Å²) >= 11 is 0. The first-order valence-corrected chi connectivity index (χ1v) is 5.93. The Balaban J connectivity index is 1.64. The molecule has 2 heterocycles. The summed E-state index contributed by atoms with van der Waals surface area (Å²) in [6.07, 6.45) is 4.73. The summed E-state index contributed by atoms with van der Waals surface area (Å²) in [7, 11) is 0. The maximum Gasteiger partial charge on any atom is 0.145 e. The summed E-state index contributed by atoms with van der Waals surface area (Å²) in [4.78, 5) is 2.40. The minimum atomic E-state index is -0.0813. The fourth-order valence-electron chi connectivity index (χ4n) is 2.10. The number of hydrogen-bond donors (Lipinski definition) is 2. The van der Waals surface area contributed by atoms with Crippen LogP contribution in [0.4, 0.5) is 5.82 Å². The number of nitrogens with two attached hydrogens (primary N) is 1. The summed E-state index contributed by atoms with van der Waals surface area (Å²) < 4.78 is 1.88. The zero-order valence-electron chi connectivity index (χ0n) is 9.55. The Hall–Kier alpha value is -1.07. The number of nitrogens with zero attached hydrogens (tertiary/aromatic N) is 3. The van der Waals surface area contributed by atoms with E-state index in [1.165, 1.54) is 0 Å². The van der Waals surface area contributed by atoms with Crippen molar-refractivity contribution in [2.45, 2.75) is 31.9 Å². The van der Waals surface area contributed by atoms with Gasteiger partial charge in [0.2, 0.25) is 0 Å². The topological polar surface area (TPSA) is 67.3 Å². The maximum absolute atomic E-state index is 9.38. The molecule has 0 atom stereocenters. The van der Waals surface area contributed by atoms with E-state index in [0.29, 0.717) is 5.82 Å². The van der Waals surface area contributed by atoms with Gasteiger partial charge >= 0.3 is 0 Å². The summed E-state index contributed by atoms with van der Waals surface area (Å²) in [6, 6.07) is 1.82. The monoisotopic (exact) mass is 224 g/mol. The molecule has 0 saturated carbocycles. The summed E-state index contributed by atoms with van der Waals surface area (Å²) in [6.45, 7) is 4.02. The average molecular weight is 224 g/mol. The van der Waals surface area contributed by atoms with Crippen molar-refractivity contribution in [2.24, 2.45) is 0 Å². The highest BCUT2D eigenvalue weighted by Gasteiger charge is 2.15. The van der Waals surface area contributed by atoms with Crippen LogP contribution in [0.15, 0.2) is 12.3 Å². The third kappa shape index (κ3) is 3.21. The Morgan fingerprint density at radius 3 is 2.75 bits per heavy atom. The van der Waals surface area contributed by atoms with Gasteiger partial charge in [-0.15, -0.1) is 0 Å². The summed E-state index contributed by atoms with van der Waals surface area (Å²) in [5, 5.41) is 13.5. The van der Waals surface area contributed by atoms with Crippen LogP contribution >= 0.6 is 0 Å². The maximum atomic E-state index is 9.38. The van der Waals surface area contributed by atoms with E-state index in [4.69, 9.17) is 5.73 Å². The Kier molecular flexibility index (Phi) is 3.79. The van der Waals surface area contributed by atoms with Crippen molar-refractivity contribution in [3.63, 3.8) is 0 Å². The van der Waals surface area contributed by atoms with Crippen molar-refractivity contribution in [3.05, 3.63) is 12.3 Å². The number of anilines is 1. The van der Waals surface area contributed by atoms with Gasteiger partial charge in [0, 0.05) is 25.8 Å². The number of aliphatic hydroxyl groups is 1. The van der Waals surface area contributed by atoms with Crippen molar-refractivity contribution in [2.75, 3.05) is 25.4 Å². The number of likely N-dealkylation sites (tertiary alicyclic amines) is 1. The molecule has 2 rings (SSSR count). The number of rotatable bonds is 4. The highest BCUT2D eigenvalue weighted by Crippen LogP contribution is 2.10. The molecule has 90 valence electrons. The first kappa shape index (κ1) is 11.4. The average Bonchev–Trinajstić information content (AvgIpc) is 2.67. The third-order valence-electron chi connectivity index (χ3n) is 3.08. The second kappa shape index (κ2) is 5.32. The van der Waals surface area contributed by atoms with Crippen molar-refractivity contribution >= 4 is 5.82 Å². The van der Waals surface area contributed by atoms with E-state index in [-0.39, 0.29) is 6.10 Å². The molecule has 0 aliphatic carbocycles.